The fourth-order valence-electron chi connectivity index (χ4n) is 2.70. The number of likely N-dealkylation sites (tertiary alicyclic amines) is 1. The lowest BCUT2D eigenvalue weighted by Gasteiger charge is -2.36. The SMILES string of the molecule is CN(C(=O)OCc1ccccc1)C1CCCN(CCN)C1. The minimum atomic E-state index is -0.251. The van der Waals surface area contributed by atoms with Gasteiger partial charge in [0.2, 0.25) is 0 Å². The number of amides is 1. The molecule has 1 amide bonds. The van der Waals surface area contributed by atoms with E-state index in [9.17, 15) is 4.79 Å². The van der Waals surface area contributed by atoms with Gasteiger partial charge in [0.05, 0.1) is 0 Å². The molecular weight excluding hydrogens is 266 g/mol. The van der Waals surface area contributed by atoms with Crippen LogP contribution in [0, 0.1) is 0 Å². The van der Waals surface area contributed by atoms with E-state index in [1.54, 1.807) is 4.90 Å². The maximum absolute atomic E-state index is 12.1. The number of hydrogen-bond donors (Lipinski definition) is 1. The van der Waals surface area contributed by atoms with Crippen LogP contribution >= 0.6 is 0 Å². The van der Waals surface area contributed by atoms with E-state index >= 15 is 0 Å². The van der Waals surface area contributed by atoms with Crippen molar-refractivity contribution in [1.82, 2.24) is 9.80 Å². The zero-order chi connectivity index (χ0) is 15.1. The number of ether oxygens (including phenoxy) is 1. The van der Waals surface area contributed by atoms with Crippen molar-refractivity contribution in [2.24, 2.45) is 5.73 Å². The Morgan fingerprint density at radius 2 is 2.19 bits per heavy atom. The number of carbonyl (C=O) groups is 1. The summed E-state index contributed by atoms with van der Waals surface area (Å²) in [6, 6.07) is 9.96. The summed E-state index contributed by atoms with van der Waals surface area (Å²) in [5.41, 5.74) is 6.61. The molecule has 0 spiro atoms. The van der Waals surface area contributed by atoms with Crippen molar-refractivity contribution in [2.45, 2.75) is 25.5 Å². The van der Waals surface area contributed by atoms with E-state index in [4.69, 9.17) is 10.5 Å². The van der Waals surface area contributed by atoms with Gasteiger partial charge >= 0.3 is 6.09 Å². The van der Waals surface area contributed by atoms with E-state index in [1.165, 1.54) is 0 Å². The number of benzene rings is 1. The number of rotatable bonds is 5. The van der Waals surface area contributed by atoms with Gasteiger partial charge in [-0.05, 0) is 24.9 Å². The summed E-state index contributed by atoms with van der Waals surface area (Å²) in [6.45, 7) is 3.83. The molecule has 0 aromatic heterocycles. The van der Waals surface area contributed by atoms with Crippen molar-refractivity contribution < 1.29 is 9.53 Å². The molecule has 0 aliphatic carbocycles. The van der Waals surface area contributed by atoms with Crippen molar-refractivity contribution in [3.8, 4) is 0 Å². The van der Waals surface area contributed by atoms with Gasteiger partial charge in [0, 0.05) is 32.7 Å². The number of nitrogens with zero attached hydrogens (tertiary/aromatic N) is 2. The summed E-state index contributed by atoms with van der Waals surface area (Å²) in [4.78, 5) is 16.2. The van der Waals surface area contributed by atoms with E-state index in [0.717, 1.165) is 38.0 Å². The molecule has 1 aromatic carbocycles. The van der Waals surface area contributed by atoms with Crippen LogP contribution in [-0.2, 0) is 11.3 Å². The molecule has 1 aliphatic rings. The molecule has 1 fully saturated rings. The molecule has 0 bridgehead atoms. The van der Waals surface area contributed by atoms with Crippen molar-refractivity contribution in [3.05, 3.63) is 35.9 Å². The lowest BCUT2D eigenvalue weighted by molar-refractivity contribution is 0.0687. The Labute approximate surface area is 126 Å². The topological polar surface area (TPSA) is 58.8 Å². The zero-order valence-corrected chi connectivity index (χ0v) is 12.7. The van der Waals surface area contributed by atoms with Gasteiger partial charge in [0.1, 0.15) is 6.61 Å². The number of piperidine rings is 1. The molecule has 1 unspecified atom stereocenters. The highest BCUT2D eigenvalue weighted by molar-refractivity contribution is 5.67. The van der Waals surface area contributed by atoms with Gasteiger partial charge in [0.25, 0.3) is 0 Å². The van der Waals surface area contributed by atoms with Gasteiger partial charge in [-0.15, -0.1) is 0 Å². The van der Waals surface area contributed by atoms with Gasteiger partial charge in [0.15, 0.2) is 0 Å². The van der Waals surface area contributed by atoms with E-state index in [2.05, 4.69) is 4.90 Å². The molecule has 0 saturated carbocycles. The average Bonchev–Trinajstić information content (AvgIpc) is 2.53. The Bertz CT molecular complexity index is 436. The molecule has 5 heteroatoms. The van der Waals surface area contributed by atoms with E-state index in [0.29, 0.717) is 13.2 Å². The van der Waals surface area contributed by atoms with Crippen LogP contribution in [0.1, 0.15) is 18.4 Å². The van der Waals surface area contributed by atoms with Crippen LogP contribution < -0.4 is 5.73 Å². The molecule has 116 valence electrons. The second-order valence-electron chi connectivity index (χ2n) is 5.54. The van der Waals surface area contributed by atoms with Gasteiger partial charge in [-0.2, -0.15) is 0 Å². The minimum Gasteiger partial charge on any atom is -0.445 e. The first kappa shape index (κ1) is 15.8. The standard InChI is InChI=1S/C16H25N3O2/c1-18(15-8-5-10-19(12-15)11-9-17)16(20)21-13-14-6-3-2-4-7-14/h2-4,6-7,15H,5,8-13,17H2,1H3. The first-order valence-electron chi connectivity index (χ1n) is 7.56. The summed E-state index contributed by atoms with van der Waals surface area (Å²) in [5, 5.41) is 0. The van der Waals surface area contributed by atoms with Crippen molar-refractivity contribution in [2.75, 3.05) is 33.2 Å². The van der Waals surface area contributed by atoms with Crippen LogP contribution in [0.3, 0.4) is 0 Å². The largest absolute Gasteiger partial charge is 0.445 e. The summed E-state index contributed by atoms with van der Waals surface area (Å²) in [5.74, 6) is 0. The Morgan fingerprint density at radius 1 is 1.43 bits per heavy atom. The van der Waals surface area contributed by atoms with Crippen LogP contribution in [0.25, 0.3) is 0 Å². The Kier molecular flexibility index (Phi) is 6.02. The van der Waals surface area contributed by atoms with E-state index in [1.807, 2.05) is 37.4 Å². The van der Waals surface area contributed by atoms with Gasteiger partial charge < -0.3 is 20.3 Å². The maximum Gasteiger partial charge on any atom is 0.410 e. The fourth-order valence-corrected chi connectivity index (χ4v) is 2.70. The summed E-state index contributed by atoms with van der Waals surface area (Å²) in [7, 11) is 1.82. The molecule has 1 aliphatic heterocycles. The molecular formula is C16H25N3O2. The number of nitrogens with two attached hydrogens (primary N) is 1. The molecule has 1 heterocycles. The van der Waals surface area contributed by atoms with E-state index in [-0.39, 0.29) is 12.1 Å². The van der Waals surface area contributed by atoms with Crippen molar-refractivity contribution >= 4 is 6.09 Å². The molecule has 21 heavy (non-hydrogen) atoms. The molecule has 1 atom stereocenters. The van der Waals surface area contributed by atoms with Crippen molar-refractivity contribution in [1.29, 1.82) is 0 Å². The molecule has 5 nitrogen and oxygen atoms in total. The Balaban J connectivity index is 1.81. The van der Waals surface area contributed by atoms with Crippen molar-refractivity contribution in [3.63, 3.8) is 0 Å². The first-order chi connectivity index (χ1) is 10.2. The fraction of sp³-hybridized carbons (Fsp3) is 0.562. The average molecular weight is 291 g/mol. The lowest BCUT2D eigenvalue weighted by atomic mass is 10.0. The zero-order valence-electron chi connectivity index (χ0n) is 12.7. The second kappa shape index (κ2) is 8.00. The predicted octanol–water partition coefficient (Wildman–Crippen LogP) is 1.68. The smallest absolute Gasteiger partial charge is 0.410 e. The van der Waals surface area contributed by atoms with Crippen LogP contribution in [-0.4, -0.2) is 55.2 Å². The monoisotopic (exact) mass is 291 g/mol. The summed E-state index contributed by atoms with van der Waals surface area (Å²) >= 11 is 0. The third-order valence-electron chi connectivity index (χ3n) is 3.97. The highest BCUT2D eigenvalue weighted by atomic mass is 16.6. The molecule has 0 radical (unpaired) electrons. The molecule has 1 aromatic rings. The quantitative estimate of drug-likeness (QED) is 0.896. The molecule has 1 saturated heterocycles. The predicted molar refractivity (Wildman–Crippen MR) is 82.9 cm³/mol. The third-order valence-corrected chi connectivity index (χ3v) is 3.97. The minimum absolute atomic E-state index is 0.216. The van der Waals surface area contributed by atoms with Crippen LogP contribution in [0.4, 0.5) is 4.79 Å². The first-order valence-corrected chi connectivity index (χ1v) is 7.56. The third kappa shape index (κ3) is 4.72. The lowest BCUT2D eigenvalue weighted by Crippen LogP contribution is -2.49. The van der Waals surface area contributed by atoms with Gasteiger partial charge in [-0.25, -0.2) is 4.79 Å². The normalized spacial score (nSPS) is 19.2. The Morgan fingerprint density at radius 3 is 2.90 bits per heavy atom. The number of likely N-dealkylation sites (N-methyl/N-ethyl adjacent to an activating group) is 1. The van der Waals surface area contributed by atoms with Crippen LogP contribution in [0.15, 0.2) is 30.3 Å². The summed E-state index contributed by atoms with van der Waals surface area (Å²) in [6.07, 6.45) is 1.87. The highest BCUT2D eigenvalue weighted by Crippen LogP contribution is 2.15. The summed E-state index contributed by atoms with van der Waals surface area (Å²) < 4.78 is 5.38. The number of hydrogen-bond acceptors (Lipinski definition) is 4. The highest BCUT2D eigenvalue weighted by Gasteiger charge is 2.26. The number of carbonyl (C=O) groups excluding carboxylic acids is 1. The van der Waals surface area contributed by atoms with Crippen LogP contribution in [0.5, 0.6) is 0 Å². The maximum atomic E-state index is 12.1. The Hall–Kier alpha value is -1.59. The van der Waals surface area contributed by atoms with Gasteiger partial charge in [-0.3, -0.25) is 0 Å². The second-order valence-corrected chi connectivity index (χ2v) is 5.54. The molecule has 2 N–H and O–H groups in total. The molecule has 2 rings (SSSR count). The van der Waals surface area contributed by atoms with E-state index < -0.39 is 0 Å². The van der Waals surface area contributed by atoms with Crippen LogP contribution in [0.2, 0.25) is 0 Å². The van der Waals surface area contributed by atoms with Gasteiger partial charge in [-0.1, -0.05) is 30.3 Å².